The van der Waals surface area contributed by atoms with E-state index < -0.39 is 0 Å². The van der Waals surface area contributed by atoms with E-state index in [0.29, 0.717) is 0 Å². The average molecular weight is 303 g/mol. The molecule has 2 heterocycles. The van der Waals surface area contributed by atoms with E-state index in [9.17, 15) is 0 Å². The highest BCUT2D eigenvalue weighted by molar-refractivity contribution is 5.73. The van der Waals surface area contributed by atoms with Crippen molar-refractivity contribution in [3.8, 4) is 16.9 Å². The highest BCUT2D eigenvalue weighted by atomic mass is 15.3. The van der Waals surface area contributed by atoms with Crippen LogP contribution < -0.4 is 5.32 Å². The number of nitrogens with zero attached hydrogens (tertiary/aromatic N) is 2. The number of hydrogen-bond donors (Lipinski definition) is 1. The fourth-order valence-corrected chi connectivity index (χ4v) is 3.46. The standard InChI is InChI=1S/C20H21N3/c1-13-5-4-6-17(12-13)23-20-18(7-8-21-20)19(22-23)16-10-14(2)9-15(3)11-16/h4-6,9-12,21H,7-8H2,1-3H3. The molecule has 1 N–H and O–H groups in total. The first-order valence-electron chi connectivity index (χ1n) is 8.13. The van der Waals surface area contributed by atoms with Crippen LogP contribution in [0.1, 0.15) is 22.3 Å². The third kappa shape index (κ3) is 2.42. The van der Waals surface area contributed by atoms with Gasteiger partial charge in [0.2, 0.25) is 0 Å². The topological polar surface area (TPSA) is 29.9 Å². The molecule has 1 aliphatic rings. The maximum absolute atomic E-state index is 4.95. The lowest BCUT2D eigenvalue weighted by molar-refractivity contribution is 0.881. The van der Waals surface area contributed by atoms with E-state index in [1.807, 2.05) is 0 Å². The molecule has 1 aromatic heterocycles. The molecule has 116 valence electrons. The summed E-state index contributed by atoms with van der Waals surface area (Å²) < 4.78 is 2.06. The first kappa shape index (κ1) is 14.1. The molecular formula is C20H21N3. The van der Waals surface area contributed by atoms with Gasteiger partial charge in [0.25, 0.3) is 0 Å². The van der Waals surface area contributed by atoms with Crippen LogP contribution in [0.3, 0.4) is 0 Å². The molecule has 3 heteroatoms. The van der Waals surface area contributed by atoms with Crippen LogP contribution in [0.2, 0.25) is 0 Å². The van der Waals surface area contributed by atoms with Crippen molar-refractivity contribution in [2.45, 2.75) is 27.2 Å². The molecule has 3 nitrogen and oxygen atoms in total. The molecule has 4 rings (SSSR count). The number of hydrogen-bond acceptors (Lipinski definition) is 2. The monoisotopic (exact) mass is 303 g/mol. The van der Waals surface area contributed by atoms with E-state index in [4.69, 9.17) is 5.10 Å². The van der Waals surface area contributed by atoms with Crippen molar-refractivity contribution in [1.29, 1.82) is 0 Å². The van der Waals surface area contributed by atoms with E-state index in [2.05, 4.69) is 73.2 Å². The number of anilines is 1. The van der Waals surface area contributed by atoms with Crippen molar-refractivity contribution in [2.24, 2.45) is 0 Å². The Bertz CT molecular complexity index is 870. The van der Waals surface area contributed by atoms with Crippen LogP contribution in [0.15, 0.2) is 42.5 Å². The van der Waals surface area contributed by atoms with Gasteiger partial charge in [-0.05, 0) is 57.0 Å². The zero-order valence-corrected chi connectivity index (χ0v) is 13.9. The molecule has 0 fully saturated rings. The maximum atomic E-state index is 4.95. The van der Waals surface area contributed by atoms with E-state index in [0.717, 1.165) is 30.2 Å². The first-order chi connectivity index (χ1) is 11.1. The van der Waals surface area contributed by atoms with Gasteiger partial charge in [0.05, 0.1) is 11.4 Å². The van der Waals surface area contributed by atoms with Gasteiger partial charge in [-0.15, -0.1) is 0 Å². The maximum Gasteiger partial charge on any atom is 0.133 e. The largest absolute Gasteiger partial charge is 0.369 e. The molecule has 0 atom stereocenters. The number of aryl methyl sites for hydroxylation is 3. The van der Waals surface area contributed by atoms with Gasteiger partial charge < -0.3 is 5.32 Å². The van der Waals surface area contributed by atoms with Gasteiger partial charge in [0, 0.05) is 17.7 Å². The lowest BCUT2D eigenvalue weighted by Gasteiger charge is -2.07. The molecule has 0 saturated heterocycles. The van der Waals surface area contributed by atoms with Crippen LogP contribution in [0.4, 0.5) is 5.82 Å². The molecule has 3 aromatic rings. The lowest BCUT2D eigenvalue weighted by atomic mass is 10.0. The van der Waals surface area contributed by atoms with Crippen LogP contribution in [0, 0.1) is 20.8 Å². The number of fused-ring (bicyclic) bond motifs is 1. The van der Waals surface area contributed by atoms with Crippen molar-refractivity contribution < 1.29 is 0 Å². The summed E-state index contributed by atoms with van der Waals surface area (Å²) in [4.78, 5) is 0. The van der Waals surface area contributed by atoms with Gasteiger partial charge >= 0.3 is 0 Å². The highest BCUT2D eigenvalue weighted by Gasteiger charge is 2.24. The summed E-state index contributed by atoms with van der Waals surface area (Å²) in [5, 5.41) is 8.46. The van der Waals surface area contributed by atoms with Gasteiger partial charge in [0.15, 0.2) is 0 Å². The fraction of sp³-hybridized carbons (Fsp3) is 0.250. The molecule has 0 aliphatic carbocycles. The normalized spacial score (nSPS) is 13.0. The Balaban J connectivity index is 1.91. The highest BCUT2D eigenvalue weighted by Crippen LogP contribution is 2.35. The minimum absolute atomic E-state index is 0.983. The smallest absolute Gasteiger partial charge is 0.133 e. The number of benzene rings is 2. The molecular weight excluding hydrogens is 282 g/mol. The van der Waals surface area contributed by atoms with Gasteiger partial charge in [-0.25, -0.2) is 4.68 Å². The minimum atomic E-state index is 0.983. The SMILES string of the molecule is Cc1cc(C)cc(-c2nn(-c3cccc(C)c3)c3c2CCN3)c1. The van der Waals surface area contributed by atoms with E-state index in [1.165, 1.54) is 27.8 Å². The first-order valence-corrected chi connectivity index (χ1v) is 8.13. The molecule has 1 aliphatic heterocycles. The summed E-state index contributed by atoms with van der Waals surface area (Å²) in [5.41, 5.74) is 8.59. The minimum Gasteiger partial charge on any atom is -0.369 e. The Morgan fingerprint density at radius 1 is 0.957 bits per heavy atom. The molecule has 2 aromatic carbocycles. The summed E-state index contributed by atoms with van der Waals surface area (Å²) in [7, 11) is 0. The molecule has 0 saturated carbocycles. The van der Waals surface area contributed by atoms with Crippen LogP contribution >= 0.6 is 0 Å². The molecule has 23 heavy (non-hydrogen) atoms. The Labute approximate surface area is 137 Å². The predicted octanol–water partition coefficient (Wildman–Crippen LogP) is 4.43. The Morgan fingerprint density at radius 2 is 1.74 bits per heavy atom. The number of aromatic nitrogens is 2. The van der Waals surface area contributed by atoms with E-state index >= 15 is 0 Å². The van der Waals surface area contributed by atoms with Crippen LogP contribution in [-0.2, 0) is 6.42 Å². The Kier molecular flexibility index (Phi) is 3.22. The third-order valence-corrected chi connectivity index (χ3v) is 4.39. The van der Waals surface area contributed by atoms with Crippen LogP contribution in [0.5, 0.6) is 0 Å². The number of nitrogens with one attached hydrogen (secondary N) is 1. The van der Waals surface area contributed by atoms with E-state index in [1.54, 1.807) is 0 Å². The molecule has 0 spiro atoms. The van der Waals surface area contributed by atoms with Crippen molar-refractivity contribution in [2.75, 3.05) is 11.9 Å². The number of rotatable bonds is 2. The second-order valence-corrected chi connectivity index (χ2v) is 6.48. The van der Waals surface area contributed by atoms with Crippen molar-refractivity contribution in [3.63, 3.8) is 0 Å². The second kappa shape index (κ2) is 5.27. The zero-order valence-electron chi connectivity index (χ0n) is 13.9. The average Bonchev–Trinajstić information content (AvgIpc) is 3.07. The lowest BCUT2D eigenvalue weighted by Crippen LogP contribution is -2.04. The molecule has 0 bridgehead atoms. The molecule has 0 amide bonds. The fourth-order valence-electron chi connectivity index (χ4n) is 3.46. The van der Waals surface area contributed by atoms with Gasteiger partial charge in [-0.2, -0.15) is 5.10 Å². The summed E-state index contributed by atoms with van der Waals surface area (Å²) in [6, 6.07) is 15.2. The second-order valence-electron chi connectivity index (χ2n) is 6.48. The van der Waals surface area contributed by atoms with Crippen molar-refractivity contribution in [3.05, 3.63) is 64.7 Å². The zero-order chi connectivity index (χ0) is 16.0. The summed E-state index contributed by atoms with van der Waals surface area (Å²) in [5.74, 6) is 1.14. The van der Waals surface area contributed by atoms with Crippen LogP contribution in [-0.4, -0.2) is 16.3 Å². The van der Waals surface area contributed by atoms with Gasteiger partial charge in [-0.1, -0.05) is 29.3 Å². The summed E-state index contributed by atoms with van der Waals surface area (Å²) in [6.45, 7) is 7.39. The Morgan fingerprint density at radius 3 is 2.48 bits per heavy atom. The molecule has 0 radical (unpaired) electrons. The van der Waals surface area contributed by atoms with E-state index in [-0.39, 0.29) is 0 Å². The third-order valence-electron chi connectivity index (χ3n) is 4.39. The van der Waals surface area contributed by atoms with Crippen LogP contribution in [0.25, 0.3) is 16.9 Å². The summed E-state index contributed by atoms with van der Waals surface area (Å²) >= 11 is 0. The van der Waals surface area contributed by atoms with Gasteiger partial charge in [0.1, 0.15) is 5.82 Å². The van der Waals surface area contributed by atoms with Crippen molar-refractivity contribution >= 4 is 5.82 Å². The summed E-state index contributed by atoms with van der Waals surface area (Å²) in [6.07, 6.45) is 1.03. The predicted molar refractivity (Wildman–Crippen MR) is 95.4 cm³/mol. The quantitative estimate of drug-likeness (QED) is 0.759. The Hall–Kier alpha value is -2.55. The van der Waals surface area contributed by atoms with Gasteiger partial charge in [-0.3, -0.25) is 0 Å². The molecule has 0 unspecified atom stereocenters. The van der Waals surface area contributed by atoms with Crippen molar-refractivity contribution in [1.82, 2.24) is 9.78 Å².